The molecule has 0 saturated carbocycles. The molecule has 0 aliphatic rings. The standard InChI is InChI=1S/2C2H5.Sn/c2*1-2;/h2*1H2,2H3;/i;;1+35. The molecule has 0 aromatic rings. The molecule has 1 heteroatoms. The number of rotatable bonds is 2. The predicted molar refractivity (Wildman–Crippen MR) is 26.7 cm³/mol. The van der Waals surface area contributed by atoms with Crippen LogP contribution in [0.2, 0.25) is 8.87 Å². The molecule has 30 valence electrons. The first-order chi connectivity index (χ1) is 2.41. The summed E-state index contributed by atoms with van der Waals surface area (Å²) in [5.74, 6) is 0. The summed E-state index contributed by atoms with van der Waals surface area (Å²) >= 11 is 0.218. The number of hydrogen-bond acceptors (Lipinski definition) is 0. The van der Waals surface area contributed by atoms with E-state index in [1.807, 2.05) is 0 Å². The molecule has 5 heavy (non-hydrogen) atoms. The van der Waals surface area contributed by atoms with Crippen LogP contribution in [-0.4, -0.2) is 21.1 Å². The first-order valence-corrected chi connectivity index (χ1v) is 6.16. The molecule has 0 atom stereocenters. The maximum atomic E-state index is 2.29. The summed E-state index contributed by atoms with van der Waals surface area (Å²) in [6.07, 6.45) is 0. The van der Waals surface area contributed by atoms with Crippen molar-refractivity contribution in [2.75, 3.05) is 0 Å². The summed E-state index contributed by atoms with van der Waals surface area (Å²) in [5, 5.41) is 0. The Labute approximate surface area is 44.2 Å². The minimum absolute atomic E-state index is 0.218. The molecule has 0 aliphatic carbocycles. The van der Waals surface area contributed by atoms with Crippen LogP contribution in [0.5, 0.6) is 0 Å². The molecule has 0 amide bonds. The van der Waals surface area contributed by atoms with Crippen LogP contribution in [0.1, 0.15) is 13.8 Å². The maximum absolute atomic E-state index is 2.29. The monoisotopic (exact) mass is 59.1 g/mol. The van der Waals surface area contributed by atoms with E-state index >= 15 is 0 Å². The third-order valence-electron chi connectivity index (χ3n) is 0.500. The van der Waals surface area contributed by atoms with Gasteiger partial charge in [-0.2, -0.15) is 0 Å². The summed E-state index contributed by atoms with van der Waals surface area (Å²) in [4.78, 5) is 0. The zero-order valence-corrected chi connectivity index (χ0v) is 6.77. The van der Waals surface area contributed by atoms with Gasteiger partial charge in [0.15, 0.2) is 0 Å². The third-order valence-corrected chi connectivity index (χ3v) is 3.35. The van der Waals surface area contributed by atoms with Crippen molar-refractivity contribution in [3.05, 3.63) is 0 Å². The van der Waals surface area contributed by atoms with Crippen molar-refractivity contribution in [1.29, 1.82) is 0 Å². The second-order valence-electron chi connectivity index (χ2n) is 0.957. The van der Waals surface area contributed by atoms with E-state index < -0.39 is 0 Å². The molecule has 0 spiro atoms. The van der Waals surface area contributed by atoms with Crippen LogP contribution in [0.25, 0.3) is 0 Å². The van der Waals surface area contributed by atoms with Crippen molar-refractivity contribution in [2.24, 2.45) is 0 Å². The topological polar surface area (TPSA) is 0 Å². The van der Waals surface area contributed by atoms with Crippen molar-refractivity contribution in [2.45, 2.75) is 22.7 Å². The van der Waals surface area contributed by atoms with Crippen molar-refractivity contribution >= 4 is 21.1 Å². The zero-order chi connectivity index (χ0) is 4.12. The molecule has 0 unspecified atom stereocenters. The second kappa shape index (κ2) is 4.80. The molecule has 2 radical (unpaired) electrons. The van der Waals surface area contributed by atoms with Gasteiger partial charge < -0.3 is 0 Å². The van der Waals surface area contributed by atoms with Crippen molar-refractivity contribution in [3.8, 4) is 0 Å². The van der Waals surface area contributed by atoms with E-state index in [0.717, 1.165) is 0 Å². The summed E-state index contributed by atoms with van der Waals surface area (Å²) < 4.78 is 3.03. The van der Waals surface area contributed by atoms with Crippen LogP contribution in [-0.2, 0) is 0 Å². The van der Waals surface area contributed by atoms with Crippen molar-refractivity contribution in [1.82, 2.24) is 0 Å². The minimum atomic E-state index is 0.218. The fourth-order valence-corrected chi connectivity index (χ4v) is 1.68. The van der Waals surface area contributed by atoms with E-state index in [0.29, 0.717) is 0 Å². The first kappa shape index (κ1) is 5.80. The predicted octanol–water partition coefficient (Wildman–Crippen LogP) is 1.57. The first-order valence-electron chi connectivity index (χ1n) is 2.12. The van der Waals surface area contributed by atoms with E-state index in [4.69, 9.17) is 0 Å². The van der Waals surface area contributed by atoms with Crippen LogP contribution in [0.3, 0.4) is 0 Å². The van der Waals surface area contributed by atoms with Gasteiger partial charge in [0.1, 0.15) is 0 Å². The molecule has 0 nitrogen and oxygen atoms in total. The molecule has 0 aliphatic heterocycles. The Kier molecular flexibility index (Phi) is 5.57. The van der Waals surface area contributed by atoms with E-state index in [1.165, 1.54) is 8.87 Å². The third kappa shape index (κ3) is 4.80. The van der Waals surface area contributed by atoms with Gasteiger partial charge in [-0.25, -0.2) is 0 Å². The molecule has 0 fully saturated rings. The van der Waals surface area contributed by atoms with Crippen molar-refractivity contribution < 1.29 is 0 Å². The van der Waals surface area contributed by atoms with E-state index in [2.05, 4.69) is 13.8 Å². The van der Waals surface area contributed by atoms with E-state index in [1.54, 1.807) is 0 Å². The van der Waals surface area contributed by atoms with Crippen molar-refractivity contribution in [3.63, 3.8) is 0 Å². The summed E-state index contributed by atoms with van der Waals surface area (Å²) in [6.45, 7) is 4.57. The van der Waals surface area contributed by atoms with Gasteiger partial charge in [-0.3, -0.25) is 0 Å². The molecule has 0 aromatic heterocycles. The van der Waals surface area contributed by atoms with Gasteiger partial charge in [-0.15, -0.1) is 0 Å². The fourth-order valence-electron chi connectivity index (χ4n) is 0.250. The SMILES string of the molecule is C[CH2][1Sn][CH2]C. The molecule has 0 aromatic carbocycles. The molecule has 0 heterocycles. The van der Waals surface area contributed by atoms with Gasteiger partial charge in [0, 0.05) is 0 Å². The Morgan fingerprint density at radius 3 is 1.60 bits per heavy atom. The Morgan fingerprint density at radius 2 is 1.60 bits per heavy atom. The average molecular weight is 59.1 g/mol. The van der Waals surface area contributed by atoms with Gasteiger partial charge in [0.05, 0.1) is 0 Å². The molecule has 0 N–H and O–H groups in total. The molecular weight excluding hydrogens is 49.0 g/mol. The summed E-state index contributed by atoms with van der Waals surface area (Å²) in [7, 11) is 0. The Hall–Kier alpha value is 0.799. The van der Waals surface area contributed by atoms with Crippen LogP contribution in [0.15, 0.2) is 0 Å². The molecule has 0 saturated heterocycles. The molecule has 0 rings (SSSR count). The van der Waals surface area contributed by atoms with E-state index in [9.17, 15) is 0 Å². The Balaban J connectivity index is 2.19. The van der Waals surface area contributed by atoms with Crippen LogP contribution < -0.4 is 0 Å². The van der Waals surface area contributed by atoms with Gasteiger partial charge in [-0.05, 0) is 0 Å². The quantitative estimate of drug-likeness (QED) is 0.423. The second-order valence-corrected chi connectivity index (χ2v) is 6.42. The number of hydrogen-bond donors (Lipinski definition) is 0. The Bertz CT molecular complexity index is 11.1. The molecular formula is C4H10Sn. The van der Waals surface area contributed by atoms with E-state index in [-0.39, 0.29) is 21.1 Å². The average Bonchev–Trinajstić information content (AvgIpc) is 1.41. The van der Waals surface area contributed by atoms with Gasteiger partial charge in [0.2, 0.25) is 0 Å². The van der Waals surface area contributed by atoms with Gasteiger partial charge >= 0.3 is 43.9 Å². The van der Waals surface area contributed by atoms with Crippen LogP contribution >= 0.6 is 0 Å². The van der Waals surface area contributed by atoms with Gasteiger partial charge in [-0.1, -0.05) is 0 Å². The van der Waals surface area contributed by atoms with Crippen LogP contribution in [0, 0.1) is 0 Å². The van der Waals surface area contributed by atoms with Crippen LogP contribution in [0.4, 0.5) is 0 Å². The Morgan fingerprint density at radius 1 is 1.20 bits per heavy atom. The fraction of sp³-hybridized carbons (Fsp3) is 1.00. The van der Waals surface area contributed by atoms with Gasteiger partial charge in [0.25, 0.3) is 0 Å². The summed E-state index contributed by atoms with van der Waals surface area (Å²) in [5.41, 5.74) is 0. The summed E-state index contributed by atoms with van der Waals surface area (Å²) in [6, 6.07) is 0. The molecule has 0 bridgehead atoms. The normalized spacial score (nSPS) is 8.40. The zero-order valence-electron chi connectivity index (χ0n) is 3.91.